The second-order valence-electron chi connectivity index (χ2n) is 5.41. The number of hydrogen-bond donors (Lipinski definition) is 5. The van der Waals surface area contributed by atoms with E-state index in [4.69, 9.17) is 28.3 Å². The van der Waals surface area contributed by atoms with E-state index in [2.05, 4.69) is 6.58 Å². The van der Waals surface area contributed by atoms with Crippen LogP contribution < -0.4 is 22.9 Å². The number of rotatable bonds is 4. The van der Waals surface area contributed by atoms with E-state index in [9.17, 15) is 0 Å². The third-order valence-corrected chi connectivity index (χ3v) is 3.63. The van der Waals surface area contributed by atoms with Crippen LogP contribution in [0.4, 0.5) is 0 Å². The van der Waals surface area contributed by atoms with Crippen molar-refractivity contribution in [2.24, 2.45) is 22.9 Å². The number of allylic oxidation sites excluding steroid dienone is 6. The van der Waals surface area contributed by atoms with Gasteiger partial charge < -0.3 is 22.9 Å². The standard InChI is InChI=1S/C13H18N4.C7H9N.C2H6/c1-3-5-8-7-10(13(16)17)9(6-4-2)12(15)11(8)14;8-6-7-4-2-1-3-5-7;1-2/h3-7,12H,2,14-15H2,1H3,(H3,16,17);1-5H,6,8H2;1-2H3/b5-3-,9-6-;;. The molecule has 0 bridgehead atoms. The molecule has 27 heavy (non-hydrogen) atoms. The Labute approximate surface area is 163 Å². The number of hydrogen-bond acceptors (Lipinski definition) is 4. The SMILES string of the molecule is C=C/C=C1/C(C(=N)N)=CC(/C=C\C)=C(N)C1N.CC.NCc1ccccc1. The van der Waals surface area contributed by atoms with E-state index in [1.54, 1.807) is 18.2 Å². The molecule has 1 aromatic rings. The highest BCUT2D eigenvalue weighted by Crippen LogP contribution is 2.26. The van der Waals surface area contributed by atoms with E-state index in [0.717, 1.165) is 11.1 Å². The van der Waals surface area contributed by atoms with Gasteiger partial charge in [-0.25, -0.2) is 0 Å². The molecule has 1 aromatic carbocycles. The maximum absolute atomic E-state index is 7.57. The van der Waals surface area contributed by atoms with Crippen LogP contribution in [-0.2, 0) is 6.54 Å². The van der Waals surface area contributed by atoms with Gasteiger partial charge in [-0.3, -0.25) is 5.41 Å². The van der Waals surface area contributed by atoms with Crippen LogP contribution in [0.3, 0.4) is 0 Å². The molecule has 146 valence electrons. The van der Waals surface area contributed by atoms with Crippen molar-refractivity contribution in [1.82, 2.24) is 0 Å². The Balaban J connectivity index is 0.000000562. The zero-order valence-electron chi connectivity index (χ0n) is 16.6. The lowest BCUT2D eigenvalue weighted by molar-refractivity contribution is 0.866. The summed E-state index contributed by atoms with van der Waals surface area (Å²) in [4.78, 5) is 0. The molecule has 5 heteroatoms. The fourth-order valence-corrected chi connectivity index (χ4v) is 2.33. The number of nitrogens with two attached hydrogens (primary N) is 4. The van der Waals surface area contributed by atoms with Crippen LogP contribution in [0.2, 0.25) is 0 Å². The zero-order valence-corrected chi connectivity index (χ0v) is 16.6. The summed E-state index contributed by atoms with van der Waals surface area (Å²) in [5.74, 6) is -0.0250. The number of amidine groups is 1. The van der Waals surface area contributed by atoms with Gasteiger partial charge >= 0.3 is 0 Å². The molecule has 9 N–H and O–H groups in total. The lowest BCUT2D eigenvalue weighted by atomic mass is 9.87. The molecule has 0 saturated heterocycles. The average molecular weight is 368 g/mol. The third-order valence-electron chi connectivity index (χ3n) is 3.63. The lowest BCUT2D eigenvalue weighted by Crippen LogP contribution is -2.36. The second-order valence-corrected chi connectivity index (χ2v) is 5.41. The van der Waals surface area contributed by atoms with Crippen molar-refractivity contribution in [2.75, 3.05) is 0 Å². The molecule has 1 atom stereocenters. The minimum absolute atomic E-state index is 0.0250. The molecular formula is C22H33N5. The van der Waals surface area contributed by atoms with Crippen LogP contribution in [0.15, 0.2) is 89.7 Å². The van der Waals surface area contributed by atoms with Crippen molar-refractivity contribution in [3.8, 4) is 0 Å². The molecule has 0 aliphatic heterocycles. The van der Waals surface area contributed by atoms with Gasteiger partial charge in [0, 0.05) is 17.8 Å². The van der Waals surface area contributed by atoms with Crippen LogP contribution in [-0.4, -0.2) is 11.9 Å². The summed E-state index contributed by atoms with van der Waals surface area (Å²) in [5.41, 5.74) is 26.8. The van der Waals surface area contributed by atoms with Gasteiger partial charge in [0.05, 0.1) is 6.04 Å². The van der Waals surface area contributed by atoms with Gasteiger partial charge in [-0.15, -0.1) is 0 Å². The third kappa shape index (κ3) is 7.48. The normalized spacial score (nSPS) is 17.4. The Morgan fingerprint density at radius 3 is 2.22 bits per heavy atom. The van der Waals surface area contributed by atoms with Crippen LogP contribution in [0, 0.1) is 5.41 Å². The molecule has 5 nitrogen and oxygen atoms in total. The van der Waals surface area contributed by atoms with E-state index in [-0.39, 0.29) is 5.84 Å². The molecule has 1 aliphatic carbocycles. The van der Waals surface area contributed by atoms with Crippen molar-refractivity contribution in [1.29, 1.82) is 5.41 Å². The summed E-state index contributed by atoms with van der Waals surface area (Å²) >= 11 is 0. The fourth-order valence-electron chi connectivity index (χ4n) is 2.33. The summed E-state index contributed by atoms with van der Waals surface area (Å²) < 4.78 is 0. The van der Waals surface area contributed by atoms with E-state index in [1.165, 1.54) is 5.56 Å². The van der Waals surface area contributed by atoms with Gasteiger partial charge in [0.15, 0.2) is 0 Å². The molecule has 0 amide bonds. The van der Waals surface area contributed by atoms with Crippen molar-refractivity contribution >= 4 is 5.84 Å². The van der Waals surface area contributed by atoms with Crippen molar-refractivity contribution in [2.45, 2.75) is 33.4 Å². The Kier molecular flexibility index (Phi) is 11.9. The molecule has 0 spiro atoms. The first-order valence-electron chi connectivity index (χ1n) is 8.97. The Hall–Kier alpha value is -2.89. The molecule has 1 unspecified atom stereocenters. The minimum atomic E-state index is -0.455. The summed E-state index contributed by atoms with van der Waals surface area (Å²) in [7, 11) is 0. The fraction of sp³-hybridized carbons (Fsp3) is 0.227. The van der Waals surface area contributed by atoms with Crippen LogP contribution in [0.5, 0.6) is 0 Å². The van der Waals surface area contributed by atoms with Gasteiger partial charge in [-0.2, -0.15) is 0 Å². The van der Waals surface area contributed by atoms with Gasteiger partial charge in [0.1, 0.15) is 5.84 Å². The Morgan fingerprint density at radius 2 is 1.81 bits per heavy atom. The highest BCUT2D eigenvalue weighted by Gasteiger charge is 2.23. The molecular weight excluding hydrogens is 334 g/mol. The minimum Gasteiger partial charge on any atom is -0.400 e. The highest BCUT2D eigenvalue weighted by molar-refractivity contribution is 6.00. The van der Waals surface area contributed by atoms with Gasteiger partial charge in [0.25, 0.3) is 0 Å². The maximum atomic E-state index is 7.57. The molecule has 0 saturated carbocycles. The molecule has 0 aromatic heterocycles. The average Bonchev–Trinajstić information content (AvgIpc) is 2.70. The second kappa shape index (κ2) is 13.3. The predicted molar refractivity (Wildman–Crippen MR) is 118 cm³/mol. The molecule has 0 radical (unpaired) electrons. The van der Waals surface area contributed by atoms with E-state index >= 15 is 0 Å². The first-order chi connectivity index (χ1) is 13.0. The summed E-state index contributed by atoms with van der Waals surface area (Å²) in [5, 5.41) is 7.57. The summed E-state index contributed by atoms with van der Waals surface area (Å²) in [6, 6.07) is 9.53. The first kappa shape index (κ1) is 24.1. The lowest BCUT2D eigenvalue weighted by Gasteiger charge is -2.25. The molecule has 0 heterocycles. The molecule has 1 aliphatic rings. The van der Waals surface area contributed by atoms with Crippen LogP contribution >= 0.6 is 0 Å². The van der Waals surface area contributed by atoms with Crippen LogP contribution in [0.1, 0.15) is 26.3 Å². The summed E-state index contributed by atoms with van der Waals surface area (Å²) in [6.45, 7) is 10.2. The number of nitrogens with one attached hydrogen (secondary N) is 1. The smallest absolute Gasteiger partial charge is 0.123 e. The van der Waals surface area contributed by atoms with E-state index in [1.807, 2.05) is 63.3 Å². The summed E-state index contributed by atoms with van der Waals surface area (Å²) in [6.07, 6.45) is 8.83. The van der Waals surface area contributed by atoms with Gasteiger partial charge in [0.2, 0.25) is 0 Å². The van der Waals surface area contributed by atoms with E-state index < -0.39 is 6.04 Å². The molecule has 2 rings (SSSR count). The Morgan fingerprint density at radius 1 is 1.22 bits per heavy atom. The van der Waals surface area contributed by atoms with Crippen LogP contribution in [0.25, 0.3) is 0 Å². The molecule has 0 fully saturated rings. The highest BCUT2D eigenvalue weighted by atomic mass is 14.8. The maximum Gasteiger partial charge on any atom is 0.123 e. The van der Waals surface area contributed by atoms with Gasteiger partial charge in [-0.1, -0.05) is 75.1 Å². The Bertz CT molecular complexity index is 724. The van der Waals surface area contributed by atoms with Crippen molar-refractivity contribution in [3.05, 3.63) is 95.3 Å². The zero-order chi connectivity index (χ0) is 20.8. The first-order valence-corrected chi connectivity index (χ1v) is 8.97. The largest absolute Gasteiger partial charge is 0.400 e. The monoisotopic (exact) mass is 367 g/mol. The van der Waals surface area contributed by atoms with E-state index in [0.29, 0.717) is 17.8 Å². The van der Waals surface area contributed by atoms with Crippen molar-refractivity contribution < 1.29 is 0 Å². The number of benzene rings is 1. The van der Waals surface area contributed by atoms with Gasteiger partial charge in [-0.05, 0) is 29.7 Å². The quantitative estimate of drug-likeness (QED) is 0.413. The topological polar surface area (TPSA) is 128 Å². The van der Waals surface area contributed by atoms with Crippen molar-refractivity contribution in [3.63, 3.8) is 0 Å². The predicted octanol–water partition coefficient (Wildman–Crippen LogP) is 3.26.